The van der Waals surface area contributed by atoms with Gasteiger partial charge in [-0.3, -0.25) is 18.6 Å². The molecular formula is C63H120N2O7P+. The van der Waals surface area contributed by atoms with E-state index in [9.17, 15) is 19.0 Å². The van der Waals surface area contributed by atoms with Gasteiger partial charge in [0.15, 0.2) is 0 Å². The number of phosphoric ester groups is 1. The van der Waals surface area contributed by atoms with Gasteiger partial charge in [-0.1, -0.05) is 237 Å². The SMILES string of the molecule is CCCCC/C=C\C/C=C\CCCCCCCCCCCCCC(=O)NC(COP(=O)(O)OCC[N+](C)(C)C)C(/C=C\CCCCCCCCCCCC)OC(=O)CCCCC/C=C\CCCCCCCCC. The Labute approximate surface area is 452 Å². The van der Waals surface area contributed by atoms with E-state index in [1.165, 1.54) is 180 Å². The van der Waals surface area contributed by atoms with E-state index in [1.54, 1.807) is 0 Å². The molecule has 0 rings (SSSR count). The van der Waals surface area contributed by atoms with Crippen molar-refractivity contribution in [1.82, 2.24) is 5.32 Å². The lowest BCUT2D eigenvalue weighted by Gasteiger charge is -2.27. The smallest absolute Gasteiger partial charge is 0.456 e. The molecular weight excluding hydrogens is 928 g/mol. The third kappa shape index (κ3) is 54.6. The zero-order chi connectivity index (χ0) is 53.6. The van der Waals surface area contributed by atoms with Crippen molar-refractivity contribution < 1.29 is 37.3 Å². The minimum atomic E-state index is -4.45. The number of unbranched alkanes of at least 4 members (excludes halogenated alkanes) is 34. The fraction of sp³-hybridized carbons (Fsp3) is 0.841. The van der Waals surface area contributed by atoms with Crippen LogP contribution >= 0.6 is 7.82 Å². The third-order valence-corrected chi connectivity index (χ3v) is 14.7. The topological polar surface area (TPSA) is 111 Å². The van der Waals surface area contributed by atoms with Crippen LogP contribution in [0.3, 0.4) is 0 Å². The van der Waals surface area contributed by atoms with E-state index in [-0.39, 0.29) is 31.5 Å². The maximum atomic E-state index is 13.5. The normalized spacial score (nSPS) is 14.0. The fourth-order valence-electron chi connectivity index (χ4n) is 8.91. The van der Waals surface area contributed by atoms with Crippen molar-refractivity contribution in [2.75, 3.05) is 40.9 Å². The number of carbonyl (C=O) groups excluding carboxylic acids is 2. The van der Waals surface area contributed by atoms with Gasteiger partial charge in [-0.05, 0) is 89.5 Å². The van der Waals surface area contributed by atoms with Crippen LogP contribution in [0, 0.1) is 0 Å². The van der Waals surface area contributed by atoms with Crippen LogP contribution in [-0.2, 0) is 27.9 Å². The largest absolute Gasteiger partial charge is 0.472 e. The van der Waals surface area contributed by atoms with Gasteiger partial charge in [0.2, 0.25) is 5.91 Å². The highest BCUT2D eigenvalue weighted by Gasteiger charge is 2.30. The first-order chi connectivity index (χ1) is 35.4. The van der Waals surface area contributed by atoms with Crippen molar-refractivity contribution in [2.24, 2.45) is 0 Å². The predicted molar refractivity (Wildman–Crippen MR) is 314 cm³/mol. The molecule has 3 unspecified atom stereocenters. The second-order valence-corrected chi connectivity index (χ2v) is 23.7. The summed E-state index contributed by atoms with van der Waals surface area (Å²) in [5.41, 5.74) is 0. The molecule has 0 saturated heterocycles. The molecule has 0 heterocycles. The van der Waals surface area contributed by atoms with Crippen LogP contribution in [0.25, 0.3) is 0 Å². The van der Waals surface area contributed by atoms with Gasteiger partial charge in [0.05, 0.1) is 33.8 Å². The summed E-state index contributed by atoms with van der Waals surface area (Å²) in [5.74, 6) is -0.518. The van der Waals surface area contributed by atoms with E-state index in [2.05, 4.69) is 62.5 Å². The summed E-state index contributed by atoms with van der Waals surface area (Å²) < 4.78 is 30.7. The molecule has 0 spiro atoms. The highest BCUT2D eigenvalue weighted by Crippen LogP contribution is 2.43. The Balaban J connectivity index is 5.23. The molecule has 1 amide bonds. The number of likely N-dealkylation sites (N-methyl/N-ethyl adjacent to an activating group) is 1. The molecule has 9 nitrogen and oxygen atoms in total. The van der Waals surface area contributed by atoms with Gasteiger partial charge in [-0.25, -0.2) is 4.57 Å². The van der Waals surface area contributed by atoms with Crippen molar-refractivity contribution in [3.05, 3.63) is 48.6 Å². The first-order valence-electron chi connectivity index (χ1n) is 31.0. The number of esters is 1. The van der Waals surface area contributed by atoms with E-state index in [0.717, 1.165) is 77.0 Å². The van der Waals surface area contributed by atoms with Crippen molar-refractivity contribution in [2.45, 2.75) is 303 Å². The lowest BCUT2D eigenvalue weighted by Crippen LogP contribution is -2.47. The molecule has 0 radical (unpaired) electrons. The van der Waals surface area contributed by atoms with Crippen LogP contribution in [0.15, 0.2) is 48.6 Å². The molecule has 0 saturated carbocycles. The summed E-state index contributed by atoms with van der Waals surface area (Å²) >= 11 is 0. The van der Waals surface area contributed by atoms with E-state index in [4.69, 9.17) is 13.8 Å². The fourth-order valence-corrected chi connectivity index (χ4v) is 9.64. The second kappa shape index (κ2) is 53.4. The Morgan fingerprint density at radius 3 is 1.29 bits per heavy atom. The summed E-state index contributed by atoms with van der Waals surface area (Å²) in [5, 5.41) is 3.05. The zero-order valence-corrected chi connectivity index (χ0v) is 49.8. The second-order valence-electron chi connectivity index (χ2n) is 22.2. The van der Waals surface area contributed by atoms with Crippen molar-refractivity contribution in [1.29, 1.82) is 0 Å². The van der Waals surface area contributed by atoms with Crippen LogP contribution < -0.4 is 5.32 Å². The summed E-state index contributed by atoms with van der Waals surface area (Å²) in [6.45, 7) is 6.99. The molecule has 3 atom stereocenters. The minimum Gasteiger partial charge on any atom is -0.456 e. The van der Waals surface area contributed by atoms with Crippen LogP contribution in [0.2, 0.25) is 0 Å². The Morgan fingerprint density at radius 1 is 0.479 bits per heavy atom. The number of ether oxygens (including phenoxy) is 1. The molecule has 0 aromatic carbocycles. The van der Waals surface area contributed by atoms with Gasteiger partial charge in [0, 0.05) is 12.8 Å². The Morgan fingerprint density at radius 2 is 0.836 bits per heavy atom. The van der Waals surface area contributed by atoms with E-state index in [1.807, 2.05) is 33.3 Å². The van der Waals surface area contributed by atoms with Gasteiger partial charge >= 0.3 is 13.8 Å². The maximum absolute atomic E-state index is 13.5. The van der Waals surface area contributed by atoms with Crippen LogP contribution in [-0.4, -0.2) is 74.3 Å². The lowest BCUT2D eigenvalue weighted by molar-refractivity contribution is -0.870. The number of allylic oxidation sites excluding steroid dienone is 7. The highest BCUT2D eigenvalue weighted by atomic mass is 31.2. The van der Waals surface area contributed by atoms with E-state index >= 15 is 0 Å². The van der Waals surface area contributed by atoms with Gasteiger partial charge in [0.25, 0.3) is 0 Å². The predicted octanol–water partition coefficient (Wildman–Crippen LogP) is 18.9. The van der Waals surface area contributed by atoms with E-state index in [0.29, 0.717) is 17.4 Å². The standard InChI is InChI=1S/C63H119N2O7P/c1-7-10-13-16-19-22-25-28-30-31-32-33-34-35-36-37-40-43-46-49-52-55-62(66)64-60(59-71-73(68,69)70-58-57-65(4,5)6)61(54-51-48-45-42-39-27-24-21-18-15-12-9-3)72-63(67)56-53-50-47-44-41-38-29-26-23-20-17-14-11-8-2/h19,22,28,30,38,41,51,54,60-61H,7-18,20-21,23-27,29,31-37,39-40,42-50,52-53,55-59H2,1-6H3,(H-,64,66,68,69)/p+1/b22-19-,30-28-,41-38-,54-51-. The quantitative estimate of drug-likeness (QED) is 0.0205. The van der Waals surface area contributed by atoms with Crippen LogP contribution in [0.1, 0.15) is 290 Å². The van der Waals surface area contributed by atoms with Crippen molar-refractivity contribution >= 4 is 19.7 Å². The number of amides is 1. The molecule has 0 bridgehead atoms. The number of hydrogen-bond donors (Lipinski definition) is 2. The molecule has 428 valence electrons. The van der Waals surface area contributed by atoms with Gasteiger partial charge < -0.3 is 19.4 Å². The summed E-state index contributed by atoms with van der Waals surface area (Å²) in [7, 11) is 1.49. The Hall–Kier alpha value is -2.03. The average Bonchev–Trinajstić information content (AvgIpc) is 3.35. The number of nitrogens with zero attached hydrogens (tertiary/aromatic N) is 1. The number of rotatable bonds is 56. The summed E-state index contributed by atoms with van der Waals surface area (Å²) in [4.78, 5) is 37.7. The minimum absolute atomic E-state index is 0.0381. The van der Waals surface area contributed by atoms with Gasteiger partial charge in [-0.15, -0.1) is 0 Å². The number of carbonyl (C=O) groups is 2. The molecule has 10 heteroatoms. The first-order valence-corrected chi connectivity index (χ1v) is 32.5. The molecule has 0 aliphatic carbocycles. The van der Waals surface area contributed by atoms with Gasteiger partial charge in [0.1, 0.15) is 19.3 Å². The highest BCUT2D eigenvalue weighted by molar-refractivity contribution is 7.47. The number of nitrogens with one attached hydrogen (secondary N) is 1. The number of hydrogen-bond acceptors (Lipinski definition) is 6. The molecule has 2 N–H and O–H groups in total. The Bertz CT molecular complexity index is 1390. The first kappa shape index (κ1) is 71.0. The van der Waals surface area contributed by atoms with Crippen LogP contribution in [0.4, 0.5) is 0 Å². The number of quaternary nitrogens is 1. The molecule has 0 aliphatic heterocycles. The van der Waals surface area contributed by atoms with E-state index < -0.39 is 20.0 Å². The zero-order valence-electron chi connectivity index (χ0n) is 48.9. The van der Waals surface area contributed by atoms with Crippen LogP contribution in [0.5, 0.6) is 0 Å². The number of phosphoric acid groups is 1. The Kier molecular flexibility index (Phi) is 51.9. The van der Waals surface area contributed by atoms with Crippen molar-refractivity contribution in [3.8, 4) is 0 Å². The lowest BCUT2D eigenvalue weighted by atomic mass is 10.0. The average molecular weight is 1050 g/mol. The molecule has 0 aromatic rings. The monoisotopic (exact) mass is 1050 g/mol. The molecule has 73 heavy (non-hydrogen) atoms. The molecule has 0 aromatic heterocycles. The summed E-state index contributed by atoms with van der Waals surface area (Å²) in [6, 6.07) is -0.854. The maximum Gasteiger partial charge on any atom is 0.472 e. The van der Waals surface area contributed by atoms with Crippen molar-refractivity contribution in [3.63, 3.8) is 0 Å². The third-order valence-electron chi connectivity index (χ3n) is 13.7. The molecule has 0 fully saturated rings. The molecule has 0 aliphatic rings. The van der Waals surface area contributed by atoms with Gasteiger partial charge in [-0.2, -0.15) is 0 Å². The summed E-state index contributed by atoms with van der Waals surface area (Å²) in [6.07, 6.45) is 65.3.